The average Bonchev–Trinajstić information content (AvgIpc) is 2.56. The second kappa shape index (κ2) is 2.85. The summed E-state index contributed by atoms with van der Waals surface area (Å²) in [7, 11) is 0. The second-order valence-corrected chi connectivity index (χ2v) is 2.68. The zero-order valence-corrected chi connectivity index (χ0v) is 7.18. The lowest BCUT2D eigenvalue weighted by atomic mass is 10.3. The molecule has 0 aliphatic carbocycles. The van der Waals surface area contributed by atoms with Gasteiger partial charge in [-0.05, 0) is 19.1 Å². The lowest BCUT2D eigenvalue weighted by molar-refractivity contribution is 0.861. The van der Waals surface area contributed by atoms with Crippen molar-refractivity contribution >= 4 is 5.82 Å². The summed E-state index contributed by atoms with van der Waals surface area (Å²) in [5, 5.41) is 4.00. The summed E-state index contributed by atoms with van der Waals surface area (Å²) in [6.45, 7) is 1.88. The van der Waals surface area contributed by atoms with Crippen LogP contribution in [0.1, 0.15) is 5.69 Å². The van der Waals surface area contributed by atoms with E-state index in [1.807, 2.05) is 13.0 Å². The quantitative estimate of drug-likeness (QED) is 0.687. The third-order valence-corrected chi connectivity index (χ3v) is 1.75. The van der Waals surface area contributed by atoms with Crippen molar-refractivity contribution < 1.29 is 0 Å². The molecule has 2 aromatic rings. The highest BCUT2D eigenvalue weighted by Gasteiger charge is 2.02. The highest BCUT2D eigenvalue weighted by molar-refractivity contribution is 5.41. The number of aryl methyl sites for hydroxylation is 1. The second-order valence-electron chi connectivity index (χ2n) is 2.68. The molecule has 5 heteroatoms. The van der Waals surface area contributed by atoms with Gasteiger partial charge in [0, 0.05) is 0 Å². The van der Waals surface area contributed by atoms with Gasteiger partial charge in [0.1, 0.15) is 18.5 Å². The Balaban J connectivity index is 2.53. The fourth-order valence-corrected chi connectivity index (χ4v) is 1.15. The van der Waals surface area contributed by atoms with Gasteiger partial charge in [0.2, 0.25) is 0 Å². The van der Waals surface area contributed by atoms with Gasteiger partial charge in [-0.3, -0.25) is 0 Å². The monoisotopic (exact) mass is 175 g/mol. The summed E-state index contributed by atoms with van der Waals surface area (Å²) in [5.41, 5.74) is 7.26. The standard InChI is InChI=1S/C8H9N5/c1-6-7(2-3-8(9)12-6)13-5-10-4-11-13/h2-5H,1H3,(H2,9,12). The van der Waals surface area contributed by atoms with E-state index < -0.39 is 0 Å². The number of hydrogen-bond donors (Lipinski definition) is 1. The van der Waals surface area contributed by atoms with E-state index in [9.17, 15) is 0 Å². The lowest BCUT2D eigenvalue weighted by Crippen LogP contribution is -2.01. The minimum Gasteiger partial charge on any atom is -0.384 e. The van der Waals surface area contributed by atoms with Crippen molar-refractivity contribution in [2.24, 2.45) is 0 Å². The number of nitrogens with two attached hydrogens (primary N) is 1. The minimum atomic E-state index is 0.515. The molecule has 0 saturated carbocycles. The van der Waals surface area contributed by atoms with Crippen LogP contribution in [-0.2, 0) is 0 Å². The molecule has 0 aromatic carbocycles. The molecule has 0 atom stereocenters. The molecular formula is C8H9N5. The lowest BCUT2D eigenvalue weighted by Gasteiger charge is -2.03. The molecule has 5 nitrogen and oxygen atoms in total. The summed E-state index contributed by atoms with van der Waals surface area (Å²) < 4.78 is 1.65. The molecule has 66 valence electrons. The number of nitrogen functional groups attached to an aromatic ring is 1. The minimum absolute atomic E-state index is 0.515. The van der Waals surface area contributed by atoms with E-state index >= 15 is 0 Å². The van der Waals surface area contributed by atoms with E-state index in [0.717, 1.165) is 11.4 Å². The van der Waals surface area contributed by atoms with Crippen LogP contribution >= 0.6 is 0 Å². The summed E-state index contributed by atoms with van der Waals surface area (Å²) in [6, 6.07) is 3.61. The Labute approximate surface area is 75.2 Å². The third kappa shape index (κ3) is 1.35. The first kappa shape index (κ1) is 7.72. The molecule has 0 saturated heterocycles. The van der Waals surface area contributed by atoms with Crippen molar-refractivity contribution in [3.05, 3.63) is 30.5 Å². The van der Waals surface area contributed by atoms with Crippen LogP contribution in [-0.4, -0.2) is 19.7 Å². The zero-order chi connectivity index (χ0) is 9.26. The van der Waals surface area contributed by atoms with Gasteiger partial charge in [-0.2, -0.15) is 5.10 Å². The number of pyridine rings is 1. The van der Waals surface area contributed by atoms with Crippen LogP contribution < -0.4 is 5.73 Å². The van der Waals surface area contributed by atoms with Crippen LogP contribution in [0, 0.1) is 6.92 Å². The molecule has 2 rings (SSSR count). The molecular weight excluding hydrogens is 166 g/mol. The first-order valence-corrected chi connectivity index (χ1v) is 3.85. The van der Waals surface area contributed by atoms with E-state index in [1.165, 1.54) is 6.33 Å². The normalized spacial score (nSPS) is 10.2. The van der Waals surface area contributed by atoms with Gasteiger partial charge in [-0.15, -0.1) is 0 Å². The molecule has 0 unspecified atom stereocenters. The molecule has 0 fully saturated rings. The zero-order valence-electron chi connectivity index (χ0n) is 7.18. The maximum absolute atomic E-state index is 5.52. The van der Waals surface area contributed by atoms with Gasteiger partial charge in [0.25, 0.3) is 0 Å². The topological polar surface area (TPSA) is 69.6 Å². The number of aromatic nitrogens is 4. The number of hydrogen-bond acceptors (Lipinski definition) is 4. The smallest absolute Gasteiger partial charge is 0.138 e. The van der Waals surface area contributed by atoms with Crippen LogP contribution in [0.15, 0.2) is 24.8 Å². The summed E-state index contributed by atoms with van der Waals surface area (Å²) in [6.07, 6.45) is 3.11. The Morgan fingerprint density at radius 3 is 2.85 bits per heavy atom. The van der Waals surface area contributed by atoms with Crippen LogP contribution in [0.3, 0.4) is 0 Å². The molecule has 0 bridgehead atoms. The summed E-state index contributed by atoms with van der Waals surface area (Å²) >= 11 is 0. The molecule has 0 spiro atoms. The Morgan fingerprint density at radius 2 is 2.23 bits per heavy atom. The average molecular weight is 175 g/mol. The van der Waals surface area contributed by atoms with Gasteiger partial charge in [0.15, 0.2) is 0 Å². The van der Waals surface area contributed by atoms with E-state index in [-0.39, 0.29) is 0 Å². The first-order chi connectivity index (χ1) is 6.27. The first-order valence-electron chi connectivity index (χ1n) is 3.85. The van der Waals surface area contributed by atoms with Gasteiger partial charge in [0.05, 0.1) is 11.4 Å². The molecule has 0 amide bonds. The van der Waals surface area contributed by atoms with E-state index in [2.05, 4.69) is 15.1 Å². The SMILES string of the molecule is Cc1nc(N)ccc1-n1cncn1. The summed E-state index contributed by atoms with van der Waals surface area (Å²) in [5.74, 6) is 0.515. The molecule has 2 heterocycles. The van der Waals surface area contributed by atoms with Crippen molar-refractivity contribution in [3.8, 4) is 5.69 Å². The maximum Gasteiger partial charge on any atom is 0.138 e. The molecule has 0 aliphatic rings. The summed E-state index contributed by atoms with van der Waals surface area (Å²) in [4.78, 5) is 7.97. The number of anilines is 1. The Kier molecular flexibility index (Phi) is 1.70. The van der Waals surface area contributed by atoms with Gasteiger partial charge >= 0.3 is 0 Å². The number of nitrogens with zero attached hydrogens (tertiary/aromatic N) is 4. The van der Waals surface area contributed by atoms with Crippen LogP contribution in [0.25, 0.3) is 5.69 Å². The fraction of sp³-hybridized carbons (Fsp3) is 0.125. The van der Waals surface area contributed by atoms with Crippen LogP contribution in [0.2, 0.25) is 0 Å². The molecule has 0 radical (unpaired) electrons. The van der Waals surface area contributed by atoms with Gasteiger partial charge in [-0.25, -0.2) is 14.6 Å². The van der Waals surface area contributed by atoms with Gasteiger partial charge in [-0.1, -0.05) is 0 Å². The third-order valence-electron chi connectivity index (χ3n) is 1.75. The van der Waals surface area contributed by atoms with Crippen molar-refractivity contribution in [2.75, 3.05) is 5.73 Å². The van der Waals surface area contributed by atoms with E-state index in [1.54, 1.807) is 17.1 Å². The van der Waals surface area contributed by atoms with Gasteiger partial charge < -0.3 is 5.73 Å². The predicted octanol–water partition coefficient (Wildman–Crippen LogP) is 0.553. The Morgan fingerprint density at radius 1 is 1.38 bits per heavy atom. The molecule has 2 aromatic heterocycles. The van der Waals surface area contributed by atoms with Crippen LogP contribution in [0.4, 0.5) is 5.82 Å². The van der Waals surface area contributed by atoms with E-state index in [4.69, 9.17) is 5.73 Å². The largest absolute Gasteiger partial charge is 0.384 e. The van der Waals surface area contributed by atoms with Crippen molar-refractivity contribution in [1.29, 1.82) is 0 Å². The van der Waals surface area contributed by atoms with Crippen LogP contribution in [0.5, 0.6) is 0 Å². The highest BCUT2D eigenvalue weighted by Crippen LogP contribution is 2.11. The maximum atomic E-state index is 5.52. The van der Waals surface area contributed by atoms with Crippen molar-refractivity contribution in [3.63, 3.8) is 0 Å². The number of rotatable bonds is 1. The Hall–Kier alpha value is -1.91. The Bertz CT molecular complexity index is 406. The molecule has 2 N–H and O–H groups in total. The fourth-order valence-electron chi connectivity index (χ4n) is 1.15. The molecule has 0 aliphatic heterocycles. The van der Waals surface area contributed by atoms with Crippen molar-refractivity contribution in [1.82, 2.24) is 19.7 Å². The predicted molar refractivity (Wildman–Crippen MR) is 48.3 cm³/mol. The van der Waals surface area contributed by atoms with Crippen molar-refractivity contribution in [2.45, 2.75) is 6.92 Å². The molecule has 13 heavy (non-hydrogen) atoms. The van der Waals surface area contributed by atoms with E-state index in [0.29, 0.717) is 5.82 Å². The highest BCUT2D eigenvalue weighted by atomic mass is 15.3.